The average molecular weight is 432 g/mol. The molecule has 0 aliphatic carbocycles. The summed E-state index contributed by atoms with van der Waals surface area (Å²) in [6.45, 7) is 0.305. The SMILES string of the molecule is COc1cc(NC(=O)c2ccccc2OCc2ccc(Cl)cc2)c(OC)cc1Cl. The van der Waals surface area contributed by atoms with E-state index < -0.39 is 0 Å². The standard InChI is InChI=1S/C22H19Cl2NO4/c1-27-20-12-18(21(28-2)11-17(20)24)25-22(26)16-5-3-4-6-19(16)29-13-14-7-9-15(23)10-8-14/h3-12H,13H2,1-2H3,(H,25,26). The lowest BCUT2D eigenvalue weighted by atomic mass is 10.1. The van der Waals surface area contributed by atoms with Crippen molar-refractivity contribution >= 4 is 34.8 Å². The van der Waals surface area contributed by atoms with Gasteiger partial charge in [0.2, 0.25) is 0 Å². The summed E-state index contributed by atoms with van der Waals surface area (Å²) in [7, 11) is 3.00. The highest BCUT2D eigenvalue weighted by Crippen LogP contribution is 2.36. The summed E-state index contributed by atoms with van der Waals surface area (Å²) < 4.78 is 16.4. The second-order valence-electron chi connectivity index (χ2n) is 6.05. The van der Waals surface area contributed by atoms with Gasteiger partial charge in [-0.3, -0.25) is 4.79 Å². The molecule has 1 amide bonds. The van der Waals surface area contributed by atoms with Crippen molar-refractivity contribution in [1.82, 2.24) is 0 Å². The lowest BCUT2D eigenvalue weighted by Crippen LogP contribution is -2.14. The molecule has 1 N–H and O–H groups in total. The first kappa shape index (κ1) is 20.8. The van der Waals surface area contributed by atoms with E-state index >= 15 is 0 Å². The molecule has 3 aromatic carbocycles. The first-order chi connectivity index (χ1) is 14.0. The normalized spacial score (nSPS) is 10.3. The molecule has 0 radical (unpaired) electrons. The number of nitrogens with one attached hydrogen (secondary N) is 1. The van der Waals surface area contributed by atoms with Crippen LogP contribution >= 0.6 is 23.2 Å². The predicted molar refractivity (Wildman–Crippen MR) is 115 cm³/mol. The van der Waals surface area contributed by atoms with Crippen molar-refractivity contribution in [3.05, 3.63) is 81.8 Å². The quantitative estimate of drug-likeness (QED) is 0.510. The second-order valence-corrected chi connectivity index (χ2v) is 6.90. The van der Waals surface area contributed by atoms with Crippen molar-refractivity contribution in [1.29, 1.82) is 0 Å². The average Bonchev–Trinajstić information content (AvgIpc) is 2.74. The van der Waals surface area contributed by atoms with Gasteiger partial charge in [0.1, 0.15) is 23.9 Å². The Kier molecular flexibility index (Phi) is 6.86. The fourth-order valence-electron chi connectivity index (χ4n) is 2.67. The number of methoxy groups -OCH3 is 2. The van der Waals surface area contributed by atoms with Crippen LogP contribution < -0.4 is 19.5 Å². The summed E-state index contributed by atoms with van der Waals surface area (Å²) in [6, 6.07) is 17.5. The predicted octanol–water partition coefficient (Wildman–Crippen LogP) is 5.84. The van der Waals surface area contributed by atoms with E-state index in [1.54, 1.807) is 48.5 Å². The molecule has 3 aromatic rings. The van der Waals surface area contributed by atoms with Gasteiger partial charge in [0.05, 0.1) is 30.5 Å². The Bertz CT molecular complexity index is 1010. The minimum Gasteiger partial charge on any atom is -0.495 e. The molecular formula is C22H19Cl2NO4. The molecule has 7 heteroatoms. The zero-order valence-corrected chi connectivity index (χ0v) is 17.4. The number of benzene rings is 3. The summed E-state index contributed by atoms with van der Waals surface area (Å²) in [5.41, 5.74) is 1.76. The zero-order chi connectivity index (χ0) is 20.8. The van der Waals surface area contributed by atoms with Gasteiger partial charge in [-0.15, -0.1) is 0 Å². The molecule has 0 aliphatic rings. The van der Waals surface area contributed by atoms with E-state index in [-0.39, 0.29) is 5.91 Å². The number of halogens is 2. The lowest BCUT2D eigenvalue weighted by Gasteiger charge is -2.15. The van der Waals surface area contributed by atoms with Crippen LogP contribution in [-0.2, 0) is 6.61 Å². The first-order valence-electron chi connectivity index (χ1n) is 8.71. The Morgan fingerprint density at radius 2 is 1.59 bits per heavy atom. The number of carbonyl (C=O) groups excluding carboxylic acids is 1. The third kappa shape index (κ3) is 5.13. The van der Waals surface area contributed by atoms with Crippen LogP contribution in [-0.4, -0.2) is 20.1 Å². The van der Waals surface area contributed by atoms with E-state index in [1.165, 1.54) is 14.2 Å². The molecule has 29 heavy (non-hydrogen) atoms. The van der Waals surface area contributed by atoms with E-state index in [1.807, 2.05) is 12.1 Å². The number of anilines is 1. The fourth-order valence-corrected chi connectivity index (χ4v) is 3.03. The third-order valence-electron chi connectivity index (χ3n) is 4.16. The van der Waals surface area contributed by atoms with Gasteiger partial charge in [-0.1, -0.05) is 47.5 Å². The fraction of sp³-hybridized carbons (Fsp3) is 0.136. The topological polar surface area (TPSA) is 56.8 Å². The number of para-hydroxylation sites is 1. The molecular weight excluding hydrogens is 413 g/mol. The number of rotatable bonds is 7. The van der Waals surface area contributed by atoms with E-state index in [9.17, 15) is 4.79 Å². The molecule has 0 unspecified atom stereocenters. The molecule has 0 bridgehead atoms. The zero-order valence-electron chi connectivity index (χ0n) is 15.9. The van der Waals surface area contributed by atoms with Crippen LogP contribution in [0.1, 0.15) is 15.9 Å². The number of ether oxygens (including phenoxy) is 3. The summed E-state index contributed by atoms with van der Waals surface area (Å²) >= 11 is 12.0. The van der Waals surface area contributed by atoms with Crippen molar-refractivity contribution in [3.8, 4) is 17.2 Å². The van der Waals surface area contributed by atoms with Gasteiger partial charge in [0.15, 0.2) is 0 Å². The molecule has 0 aliphatic heterocycles. The van der Waals surface area contributed by atoms with Gasteiger partial charge in [-0.2, -0.15) is 0 Å². The molecule has 0 atom stereocenters. The van der Waals surface area contributed by atoms with E-state index in [2.05, 4.69) is 5.32 Å². The van der Waals surface area contributed by atoms with Gasteiger partial charge in [0, 0.05) is 17.2 Å². The Hall–Kier alpha value is -2.89. The van der Waals surface area contributed by atoms with E-state index in [0.29, 0.717) is 45.2 Å². The number of hydrogen-bond donors (Lipinski definition) is 1. The smallest absolute Gasteiger partial charge is 0.259 e. The minimum absolute atomic E-state index is 0.305. The van der Waals surface area contributed by atoms with Crippen LogP contribution in [0.15, 0.2) is 60.7 Å². The monoisotopic (exact) mass is 431 g/mol. The van der Waals surface area contributed by atoms with Gasteiger partial charge in [0.25, 0.3) is 5.91 Å². The van der Waals surface area contributed by atoms with E-state index in [4.69, 9.17) is 37.4 Å². The van der Waals surface area contributed by atoms with Crippen LogP contribution in [0.2, 0.25) is 10.0 Å². The summed E-state index contributed by atoms with van der Waals surface area (Å²) in [6.07, 6.45) is 0. The van der Waals surface area contributed by atoms with Crippen LogP contribution in [0, 0.1) is 0 Å². The van der Waals surface area contributed by atoms with Crippen molar-refractivity contribution < 1.29 is 19.0 Å². The molecule has 150 valence electrons. The molecule has 3 rings (SSSR count). The molecule has 0 spiro atoms. The Labute approximate surface area is 179 Å². The van der Waals surface area contributed by atoms with Gasteiger partial charge in [-0.05, 0) is 29.8 Å². The lowest BCUT2D eigenvalue weighted by molar-refractivity contribution is 0.102. The third-order valence-corrected chi connectivity index (χ3v) is 4.71. The van der Waals surface area contributed by atoms with Crippen molar-refractivity contribution in [2.45, 2.75) is 6.61 Å². The maximum absolute atomic E-state index is 12.9. The van der Waals surface area contributed by atoms with Gasteiger partial charge < -0.3 is 19.5 Å². The van der Waals surface area contributed by atoms with Crippen LogP contribution in [0.4, 0.5) is 5.69 Å². The Balaban J connectivity index is 1.80. The number of hydrogen-bond acceptors (Lipinski definition) is 4. The summed E-state index contributed by atoms with van der Waals surface area (Å²) in [5.74, 6) is 0.956. The van der Waals surface area contributed by atoms with Crippen LogP contribution in [0.5, 0.6) is 17.2 Å². The summed E-state index contributed by atoms with van der Waals surface area (Å²) in [5, 5.41) is 3.86. The Morgan fingerprint density at radius 1 is 0.897 bits per heavy atom. The highest BCUT2D eigenvalue weighted by atomic mass is 35.5. The molecule has 0 saturated carbocycles. The number of amides is 1. The van der Waals surface area contributed by atoms with Gasteiger partial charge >= 0.3 is 0 Å². The maximum Gasteiger partial charge on any atom is 0.259 e. The van der Waals surface area contributed by atoms with Crippen molar-refractivity contribution in [3.63, 3.8) is 0 Å². The molecule has 0 heterocycles. The second kappa shape index (κ2) is 9.54. The van der Waals surface area contributed by atoms with Crippen molar-refractivity contribution in [2.24, 2.45) is 0 Å². The highest BCUT2D eigenvalue weighted by molar-refractivity contribution is 6.32. The molecule has 5 nitrogen and oxygen atoms in total. The molecule has 0 aromatic heterocycles. The maximum atomic E-state index is 12.9. The van der Waals surface area contributed by atoms with E-state index in [0.717, 1.165) is 5.56 Å². The van der Waals surface area contributed by atoms with Gasteiger partial charge in [-0.25, -0.2) is 0 Å². The largest absolute Gasteiger partial charge is 0.495 e. The molecule has 0 fully saturated rings. The highest BCUT2D eigenvalue weighted by Gasteiger charge is 2.17. The minimum atomic E-state index is -0.348. The van der Waals surface area contributed by atoms with Crippen LogP contribution in [0.25, 0.3) is 0 Å². The van der Waals surface area contributed by atoms with Crippen molar-refractivity contribution in [2.75, 3.05) is 19.5 Å². The van der Waals surface area contributed by atoms with Crippen LogP contribution in [0.3, 0.4) is 0 Å². The number of carbonyl (C=O) groups is 1. The summed E-state index contributed by atoms with van der Waals surface area (Å²) in [4.78, 5) is 12.9. The Morgan fingerprint density at radius 3 is 2.28 bits per heavy atom. The molecule has 0 saturated heterocycles. The first-order valence-corrected chi connectivity index (χ1v) is 9.46.